The Morgan fingerprint density at radius 2 is 2.00 bits per heavy atom. The van der Waals surface area contributed by atoms with Gasteiger partial charge in [0, 0.05) is 41.4 Å². The number of nitrogen functional groups attached to an aromatic ring is 1. The van der Waals surface area contributed by atoms with Gasteiger partial charge < -0.3 is 10.6 Å². The summed E-state index contributed by atoms with van der Waals surface area (Å²) in [7, 11) is 1.87. The van der Waals surface area contributed by atoms with Crippen LogP contribution < -0.4 is 10.6 Å². The van der Waals surface area contributed by atoms with Crippen LogP contribution in [0, 0.1) is 0 Å². The van der Waals surface area contributed by atoms with E-state index in [1.165, 1.54) is 18.5 Å². The van der Waals surface area contributed by atoms with E-state index in [2.05, 4.69) is 44.1 Å². The van der Waals surface area contributed by atoms with Crippen molar-refractivity contribution in [2.24, 2.45) is 7.05 Å². The third-order valence-electron chi connectivity index (χ3n) is 3.69. The minimum absolute atomic E-state index is 0.701. The van der Waals surface area contributed by atoms with Crippen molar-refractivity contribution < 1.29 is 0 Å². The largest absolute Gasteiger partial charge is 0.383 e. The molecule has 0 atom stereocenters. The molecule has 0 bridgehead atoms. The average Bonchev–Trinajstić information content (AvgIpc) is 3.02. The summed E-state index contributed by atoms with van der Waals surface area (Å²) in [6.45, 7) is 2.23. The van der Waals surface area contributed by atoms with Crippen molar-refractivity contribution in [2.75, 3.05) is 23.7 Å². The van der Waals surface area contributed by atoms with Gasteiger partial charge in [-0.2, -0.15) is 5.10 Å². The quantitative estimate of drug-likeness (QED) is 0.925. The van der Waals surface area contributed by atoms with E-state index in [1.54, 1.807) is 4.68 Å². The lowest BCUT2D eigenvalue weighted by molar-refractivity contribution is 0.779. The second-order valence-corrected chi connectivity index (χ2v) is 5.75. The summed E-state index contributed by atoms with van der Waals surface area (Å²) in [5, 5.41) is 4.25. The fourth-order valence-corrected chi connectivity index (χ4v) is 3.21. The van der Waals surface area contributed by atoms with E-state index in [0.717, 1.165) is 28.7 Å². The van der Waals surface area contributed by atoms with Gasteiger partial charge in [0.25, 0.3) is 0 Å². The van der Waals surface area contributed by atoms with Crippen molar-refractivity contribution in [3.63, 3.8) is 0 Å². The molecule has 1 aromatic heterocycles. The zero-order valence-corrected chi connectivity index (χ0v) is 12.5. The Morgan fingerprint density at radius 3 is 2.63 bits per heavy atom. The van der Waals surface area contributed by atoms with Crippen LogP contribution in [0.15, 0.2) is 28.9 Å². The number of rotatable bonds is 2. The van der Waals surface area contributed by atoms with E-state index in [-0.39, 0.29) is 0 Å². The third-order valence-corrected chi connectivity index (χ3v) is 4.35. The fourth-order valence-electron chi connectivity index (χ4n) is 2.64. The van der Waals surface area contributed by atoms with Crippen LogP contribution in [0.25, 0.3) is 11.1 Å². The van der Waals surface area contributed by atoms with Gasteiger partial charge in [0.1, 0.15) is 5.82 Å². The van der Waals surface area contributed by atoms with Gasteiger partial charge in [0.2, 0.25) is 0 Å². The van der Waals surface area contributed by atoms with E-state index in [0.29, 0.717) is 5.82 Å². The fraction of sp³-hybridized carbons (Fsp3) is 0.357. The molecule has 19 heavy (non-hydrogen) atoms. The van der Waals surface area contributed by atoms with Crippen molar-refractivity contribution in [3.8, 4) is 11.1 Å². The maximum atomic E-state index is 6.13. The molecule has 1 aromatic carbocycles. The summed E-state index contributed by atoms with van der Waals surface area (Å²) >= 11 is 3.66. The number of aromatic nitrogens is 2. The number of nitrogens with two attached hydrogens (primary N) is 1. The molecule has 1 saturated heterocycles. The molecule has 1 fully saturated rings. The predicted molar refractivity (Wildman–Crippen MR) is 82.2 cm³/mol. The standard InChI is InChI=1S/C14H17BrN4/c1-18-14(16)10(9-17-18)13-11(15)5-4-6-12(13)19-7-2-3-8-19/h4-6,9H,2-3,7-8,16H2,1H3. The van der Waals surface area contributed by atoms with Crippen LogP contribution in [0.4, 0.5) is 11.5 Å². The molecule has 100 valence electrons. The van der Waals surface area contributed by atoms with Crippen LogP contribution in [0.2, 0.25) is 0 Å². The molecule has 2 heterocycles. The van der Waals surface area contributed by atoms with Crippen molar-refractivity contribution in [2.45, 2.75) is 12.8 Å². The van der Waals surface area contributed by atoms with Crippen LogP contribution >= 0.6 is 15.9 Å². The minimum atomic E-state index is 0.701. The Morgan fingerprint density at radius 1 is 1.26 bits per heavy atom. The minimum Gasteiger partial charge on any atom is -0.383 e. The number of hydrogen-bond donors (Lipinski definition) is 1. The van der Waals surface area contributed by atoms with Crippen LogP contribution in [0.1, 0.15) is 12.8 Å². The van der Waals surface area contributed by atoms with Crippen molar-refractivity contribution in [1.82, 2.24) is 9.78 Å². The first-order chi connectivity index (χ1) is 9.18. The van der Waals surface area contributed by atoms with E-state index in [9.17, 15) is 0 Å². The smallest absolute Gasteiger partial charge is 0.129 e. The molecule has 0 saturated carbocycles. The molecule has 0 amide bonds. The summed E-state index contributed by atoms with van der Waals surface area (Å²) in [5.74, 6) is 0.701. The highest BCUT2D eigenvalue weighted by Gasteiger charge is 2.20. The highest BCUT2D eigenvalue weighted by Crippen LogP contribution is 2.40. The van der Waals surface area contributed by atoms with E-state index >= 15 is 0 Å². The molecule has 1 aliphatic heterocycles. The van der Waals surface area contributed by atoms with Gasteiger partial charge in [-0.15, -0.1) is 0 Å². The van der Waals surface area contributed by atoms with Gasteiger partial charge >= 0.3 is 0 Å². The summed E-state index contributed by atoms with van der Waals surface area (Å²) in [4.78, 5) is 2.42. The molecule has 3 rings (SSSR count). The Labute approximate surface area is 121 Å². The summed E-state index contributed by atoms with van der Waals surface area (Å²) < 4.78 is 2.78. The third kappa shape index (κ3) is 2.12. The zero-order chi connectivity index (χ0) is 13.4. The first-order valence-corrected chi connectivity index (χ1v) is 7.29. The summed E-state index contributed by atoms with van der Waals surface area (Å²) in [5.41, 5.74) is 9.52. The molecule has 4 nitrogen and oxygen atoms in total. The molecule has 0 aliphatic carbocycles. The monoisotopic (exact) mass is 320 g/mol. The Kier molecular flexibility index (Phi) is 3.22. The van der Waals surface area contributed by atoms with Gasteiger partial charge in [-0.1, -0.05) is 22.0 Å². The molecule has 0 radical (unpaired) electrons. The highest BCUT2D eigenvalue weighted by atomic mass is 79.9. The van der Waals surface area contributed by atoms with Gasteiger partial charge in [-0.3, -0.25) is 4.68 Å². The molecular formula is C14H17BrN4. The van der Waals surface area contributed by atoms with E-state index < -0.39 is 0 Å². The number of aryl methyl sites for hydroxylation is 1. The van der Waals surface area contributed by atoms with E-state index in [1.807, 2.05) is 13.2 Å². The highest BCUT2D eigenvalue weighted by molar-refractivity contribution is 9.10. The second-order valence-electron chi connectivity index (χ2n) is 4.90. The Bertz CT molecular complexity index is 599. The van der Waals surface area contributed by atoms with Crippen molar-refractivity contribution >= 4 is 27.4 Å². The number of nitrogens with zero attached hydrogens (tertiary/aromatic N) is 3. The van der Waals surface area contributed by atoms with Gasteiger partial charge in [0.15, 0.2) is 0 Å². The Balaban J connectivity index is 2.16. The SMILES string of the molecule is Cn1ncc(-c2c(Br)cccc2N2CCCC2)c1N. The lowest BCUT2D eigenvalue weighted by Crippen LogP contribution is -2.18. The maximum Gasteiger partial charge on any atom is 0.129 e. The zero-order valence-electron chi connectivity index (χ0n) is 10.9. The molecule has 2 aromatic rings. The number of halogens is 1. The maximum absolute atomic E-state index is 6.13. The van der Waals surface area contributed by atoms with Crippen molar-refractivity contribution in [3.05, 3.63) is 28.9 Å². The molecule has 0 spiro atoms. The normalized spacial score (nSPS) is 15.2. The van der Waals surface area contributed by atoms with Gasteiger partial charge in [-0.25, -0.2) is 0 Å². The summed E-state index contributed by atoms with van der Waals surface area (Å²) in [6.07, 6.45) is 4.36. The van der Waals surface area contributed by atoms with E-state index in [4.69, 9.17) is 5.73 Å². The molecule has 0 unspecified atom stereocenters. The molecule has 2 N–H and O–H groups in total. The number of benzene rings is 1. The van der Waals surface area contributed by atoms with Crippen LogP contribution in [0.5, 0.6) is 0 Å². The van der Waals surface area contributed by atoms with Gasteiger partial charge in [0.05, 0.1) is 6.20 Å². The molecule has 1 aliphatic rings. The lowest BCUT2D eigenvalue weighted by Gasteiger charge is -2.22. The number of hydrogen-bond acceptors (Lipinski definition) is 3. The molecule has 5 heteroatoms. The average molecular weight is 321 g/mol. The topological polar surface area (TPSA) is 47.1 Å². The lowest BCUT2D eigenvalue weighted by atomic mass is 10.1. The van der Waals surface area contributed by atoms with Crippen LogP contribution in [-0.4, -0.2) is 22.9 Å². The van der Waals surface area contributed by atoms with Gasteiger partial charge in [-0.05, 0) is 25.0 Å². The van der Waals surface area contributed by atoms with Crippen LogP contribution in [0.3, 0.4) is 0 Å². The van der Waals surface area contributed by atoms with Crippen LogP contribution in [-0.2, 0) is 7.05 Å². The second kappa shape index (κ2) is 4.89. The Hall–Kier alpha value is -1.49. The van der Waals surface area contributed by atoms with Crippen molar-refractivity contribution in [1.29, 1.82) is 0 Å². The first kappa shape index (κ1) is 12.5. The summed E-state index contributed by atoms with van der Waals surface area (Å²) in [6, 6.07) is 6.30. The first-order valence-electron chi connectivity index (χ1n) is 6.50. The predicted octanol–water partition coefficient (Wildman–Crippen LogP) is 3.03. The number of anilines is 2. The molecular weight excluding hydrogens is 304 g/mol.